The molecule has 0 bridgehead atoms. The summed E-state index contributed by atoms with van der Waals surface area (Å²) in [4.78, 5) is 22.3. The highest BCUT2D eigenvalue weighted by Gasteiger charge is 2.27. The Balaban J connectivity index is 2.23. The van der Waals surface area contributed by atoms with Gasteiger partial charge in [0.2, 0.25) is 0 Å². The Hall–Kier alpha value is -1.20. The average Bonchev–Trinajstić information content (AvgIpc) is 2.99. The molecular formula is C9H13N3O2. The lowest BCUT2D eigenvalue weighted by Gasteiger charge is -2.06. The molecule has 1 heterocycles. The van der Waals surface area contributed by atoms with Crippen molar-refractivity contribution in [2.24, 2.45) is 0 Å². The molecule has 0 radical (unpaired) electrons. The van der Waals surface area contributed by atoms with Crippen LogP contribution in [0, 0.1) is 0 Å². The first-order valence-corrected chi connectivity index (χ1v) is 4.65. The van der Waals surface area contributed by atoms with E-state index in [4.69, 9.17) is 4.84 Å². The van der Waals surface area contributed by atoms with Gasteiger partial charge < -0.3 is 9.82 Å². The second kappa shape index (κ2) is 3.89. The number of rotatable bonds is 4. The summed E-state index contributed by atoms with van der Waals surface area (Å²) in [5.41, 5.74) is 4.49. The van der Waals surface area contributed by atoms with E-state index in [1.807, 2.05) is 0 Å². The van der Waals surface area contributed by atoms with Crippen molar-refractivity contribution >= 4 is 0 Å². The van der Waals surface area contributed by atoms with Crippen molar-refractivity contribution in [3.8, 4) is 0 Å². The Morgan fingerprint density at radius 1 is 1.71 bits per heavy atom. The van der Waals surface area contributed by atoms with Crippen molar-refractivity contribution in [1.82, 2.24) is 15.4 Å². The Morgan fingerprint density at radius 3 is 3.14 bits per heavy atom. The maximum atomic E-state index is 11.0. The van der Waals surface area contributed by atoms with Crippen molar-refractivity contribution in [3.63, 3.8) is 0 Å². The molecule has 1 fully saturated rings. The van der Waals surface area contributed by atoms with E-state index < -0.39 is 0 Å². The van der Waals surface area contributed by atoms with Crippen LogP contribution in [-0.4, -0.2) is 17.1 Å². The van der Waals surface area contributed by atoms with E-state index in [2.05, 4.69) is 15.4 Å². The first kappa shape index (κ1) is 9.36. The number of aromatic amines is 1. The van der Waals surface area contributed by atoms with Crippen LogP contribution >= 0.6 is 0 Å². The number of hydrogen-bond acceptors (Lipinski definition) is 4. The molecule has 0 aromatic carbocycles. The van der Waals surface area contributed by atoms with Gasteiger partial charge in [-0.05, 0) is 18.8 Å². The summed E-state index contributed by atoms with van der Waals surface area (Å²) in [6, 6.07) is 0. The van der Waals surface area contributed by atoms with E-state index in [-0.39, 0.29) is 5.69 Å². The molecule has 14 heavy (non-hydrogen) atoms. The zero-order valence-corrected chi connectivity index (χ0v) is 8.04. The maximum Gasteiger partial charge on any atom is 0.345 e. The van der Waals surface area contributed by atoms with Crippen molar-refractivity contribution in [1.29, 1.82) is 0 Å². The molecule has 76 valence electrons. The molecule has 1 aliphatic rings. The van der Waals surface area contributed by atoms with E-state index in [9.17, 15) is 4.79 Å². The van der Waals surface area contributed by atoms with Crippen molar-refractivity contribution in [2.45, 2.75) is 25.3 Å². The molecule has 0 atom stereocenters. The van der Waals surface area contributed by atoms with Crippen LogP contribution < -0.4 is 11.2 Å². The zero-order chi connectivity index (χ0) is 9.97. The molecule has 2 N–H and O–H groups in total. The fourth-order valence-corrected chi connectivity index (χ4v) is 1.46. The van der Waals surface area contributed by atoms with E-state index >= 15 is 0 Å². The lowest BCUT2D eigenvalue weighted by molar-refractivity contribution is 0.0863. The minimum atomic E-state index is -0.270. The lowest BCUT2D eigenvalue weighted by Crippen LogP contribution is -2.18. The van der Waals surface area contributed by atoms with Gasteiger partial charge in [-0.25, -0.2) is 9.78 Å². The van der Waals surface area contributed by atoms with E-state index in [1.54, 1.807) is 13.3 Å². The minimum Gasteiger partial charge on any atom is -0.309 e. The number of nitrogens with zero attached hydrogens (tertiary/aromatic N) is 1. The predicted octanol–water partition coefficient (Wildman–Crippen LogP) is 0.298. The molecule has 0 aliphatic heterocycles. The number of H-pyrrole nitrogens is 1. The van der Waals surface area contributed by atoms with Gasteiger partial charge >= 0.3 is 5.69 Å². The molecule has 0 saturated heterocycles. The Labute approximate surface area is 81.5 Å². The number of hydroxylamine groups is 1. The average molecular weight is 195 g/mol. The van der Waals surface area contributed by atoms with Gasteiger partial charge in [-0.1, -0.05) is 0 Å². The number of hydrogen-bond donors (Lipinski definition) is 2. The monoisotopic (exact) mass is 195 g/mol. The summed E-state index contributed by atoms with van der Waals surface area (Å²) in [6.07, 6.45) is 3.92. The highest BCUT2D eigenvalue weighted by molar-refractivity contribution is 5.23. The summed E-state index contributed by atoms with van der Waals surface area (Å²) in [5, 5.41) is 0. The van der Waals surface area contributed by atoms with Crippen LogP contribution in [0.4, 0.5) is 0 Å². The van der Waals surface area contributed by atoms with Crippen LogP contribution in [0.15, 0.2) is 11.0 Å². The van der Waals surface area contributed by atoms with Crippen LogP contribution in [0.5, 0.6) is 0 Å². The standard InChI is InChI=1S/C9H13N3O2/c1-14-11-5-7-4-10-9(13)12-8(7)6-2-3-6/h4,6,11H,2-3,5H2,1H3,(H,10,12,13). The molecule has 5 heteroatoms. The minimum absolute atomic E-state index is 0.270. The molecule has 0 spiro atoms. The van der Waals surface area contributed by atoms with Gasteiger partial charge in [-0.15, -0.1) is 0 Å². The van der Waals surface area contributed by atoms with Gasteiger partial charge in [0.1, 0.15) is 0 Å². The van der Waals surface area contributed by atoms with Crippen LogP contribution in [0.25, 0.3) is 0 Å². The molecule has 1 aromatic rings. The van der Waals surface area contributed by atoms with Crippen LogP contribution in [0.3, 0.4) is 0 Å². The summed E-state index contributed by atoms with van der Waals surface area (Å²) in [6.45, 7) is 0.576. The highest BCUT2D eigenvalue weighted by Crippen LogP contribution is 2.39. The van der Waals surface area contributed by atoms with Crippen LogP contribution in [-0.2, 0) is 11.4 Å². The van der Waals surface area contributed by atoms with Gasteiger partial charge in [0, 0.05) is 24.0 Å². The largest absolute Gasteiger partial charge is 0.345 e. The third-order valence-electron chi connectivity index (χ3n) is 2.32. The number of nitrogens with one attached hydrogen (secondary N) is 2. The Kier molecular flexibility index (Phi) is 2.60. The predicted molar refractivity (Wildman–Crippen MR) is 50.7 cm³/mol. The molecule has 1 aromatic heterocycles. The summed E-state index contributed by atoms with van der Waals surface area (Å²) < 4.78 is 0. The zero-order valence-electron chi connectivity index (χ0n) is 8.04. The highest BCUT2D eigenvalue weighted by atomic mass is 16.6. The van der Waals surface area contributed by atoms with Crippen LogP contribution in [0.1, 0.15) is 30.0 Å². The summed E-state index contributed by atoms with van der Waals surface area (Å²) in [7, 11) is 1.57. The fraction of sp³-hybridized carbons (Fsp3) is 0.556. The van der Waals surface area contributed by atoms with Gasteiger partial charge in [-0.2, -0.15) is 5.48 Å². The van der Waals surface area contributed by atoms with Crippen molar-refractivity contribution in [2.75, 3.05) is 7.11 Å². The lowest BCUT2D eigenvalue weighted by atomic mass is 10.1. The van der Waals surface area contributed by atoms with E-state index in [0.717, 1.165) is 24.1 Å². The molecular weight excluding hydrogens is 182 g/mol. The fourth-order valence-electron chi connectivity index (χ4n) is 1.46. The molecule has 2 rings (SSSR count). The van der Waals surface area contributed by atoms with Crippen LogP contribution in [0.2, 0.25) is 0 Å². The topological polar surface area (TPSA) is 67.0 Å². The molecule has 5 nitrogen and oxygen atoms in total. The Bertz CT molecular complexity index is 371. The summed E-state index contributed by atoms with van der Waals surface area (Å²) >= 11 is 0. The number of aromatic nitrogens is 2. The van der Waals surface area contributed by atoms with Gasteiger partial charge in [0.05, 0.1) is 7.11 Å². The molecule has 1 saturated carbocycles. The molecule has 0 amide bonds. The third-order valence-corrected chi connectivity index (χ3v) is 2.32. The van der Waals surface area contributed by atoms with E-state index in [1.165, 1.54) is 0 Å². The first-order valence-electron chi connectivity index (χ1n) is 4.65. The van der Waals surface area contributed by atoms with Crippen molar-refractivity contribution in [3.05, 3.63) is 27.9 Å². The van der Waals surface area contributed by atoms with Gasteiger partial charge in [0.25, 0.3) is 0 Å². The normalized spacial score (nSPS) is 15.8. The molecule has 1 aliphatic carbocycles. The Morgan fingerprint density at radius 2 is 2.50 bits per heavy atom. The quantitative estimate of drug-likeness (QED) is 0.678. The van der Waals surface area contributed by atoms with Gasteiger partial charge in [-0.3, -0.25) is 0 Å². The van der Waals surface area contributed by atoms with E-state index in [0.29, 0.717) is 12.5 Å². The molecule has 0 unspecified atom stereocenters. The second-order valence-corrected chi connectivity index (χ2v) is 3.43. The first-order chi connectivity index (χ1) is 6.81. The SMILES string of the molecule is CONCc1cnc(=O)[nH]c1C1CC1. The third kappa shape index (κ3) is 2.00. The van der Waals surface area contributed by atoms with Crippen molar-refractivity contribution < 1.29 is 4.84 Å². The second-order valence-electron chi connectivity index (χ2n) is 3.43. The smallest absolute Gasteiger partial charge is 0.309 e. The summed E-state index contributed by atoms with van der Waals surface area (Å²) in [5.74, 6) is 0.513. The maximum absolute atomic E-state index is 11.0. The van der Waals surface area contributed by atoms with Gasteiger partial charge in [0.15, 0.2) is 0 Å².